The molecule has 9 heteroatoms. The second-order valence-electron chi connectivity index (χ2n) is 7.03. The highest BCUT2D eigenvalue weighted by Gasteiger charge is 2.48. The van der Waals surface area contributed by atoms with Gasteiger partial charge in [-0.3, -0.25) is 9.59 Å². The Morgan fingerprint density at radius 1 is 1.33 bits per heavy atom. The highest BCUT2D eigenvalue weighted by molar-refractivity contribution is 6.06. The molecule has 0 aliphatic carbocycles. The van der Waals surface area contributed by atoms with E-state index in [1.807, 2.05) is 24.3 Å². The van der Waals surface area contributed by atoms with E-state index in [1.54, 1.807) is 14.0 Å². The van der Waals surface area contributed by atoms with Gasteiger partial charge in [-0.25, -0.2) is 9.78 Å². The molecule has 1 N–H and O–H groups in total. The summed E-state index contributed by atoms with van der Waals surface area (Å²) >= 11 is 0. The molecule has 0 spiro atoms. The minimum atomic E-state index is -1.21. The lowest BCUT2D eigenvalue weighted by Crippen LogP contribution is -2.64. The van der Waals surface area contributed by atoms with E-state index in [2.05, 4.69) is 16.9 Å². The summed E-state index contributed by atoms with van der Waals surface area (Å²) in [5.41, 5.74) is -0.383. The zero-order valence-corrected chi connectivity index (χ0v) is 17.2. The van der Waals surface area contributed by atoms with Crippen LogP contribution in [0.3, 0.4) is 0 Å². The van der Waals surface area contributed by atoms with Crippen LogP contribution in [0.2, 0.25) is 0 Å². The van der Waals surface area contributed by atoms with Gasteiger partial charge in [-0.2, -0.15) is 0 Å². The van der Waals surface area contributed by atoms with Gasteiger partial charge in [0.1, 0.15) is 17.0 Å². The van der Waals surface area contributed by atoms with Crippen LogP contribution in [0.5, 0.6) is 5.75 Å². The molecule has 1 aliphatic heterocycles. The summed E-state index contributed by atoms with van der Waals surface area (Å²) in [4.78, 5) is 43.8. The van der Waals surface area contributed by atoms with Gasteiger partial charge in [-0.05, 0) is 13.0 Å². The van der Waals surface area contributed by atoms with Crippen LogP contribution in [0.1, 0.15) is 33.5 Å². The van der Waals surface area contributed by atoms with Gasteiger partial charge in [0.15, 0.2) is 5.69 Å². The molecule has 1 aromatic carbocycles. The molecule has 3 rings (SSSR count). The lowest BCUT2D eigenvalue weighted by Gasteiger charge is -2.43. The molecule has 30 heavy (non-hydrogen) atoms. The average Bonchev–Trinajstić information content (AvgIpc) is 3.18. The Bertz CT molecular complexity index is 999. The number of aromatic nitrogens is 2. The summed E-state index contributed by atoms with van der Waals surface area (Å²) in [6.07, 6.45) is 2.91. The van der Waals surface area contributed by atoms with Gasteiger partial charge in [0.25, 0.3) is 5.91 Å². The smallest absolute Gasteiger partial charge is 0.359 e. The maximum Gasteiger partial charge on any atom is 0.359 e. The highest BCUT2D eigenvalue weighted by atomic mass is 16.5. The molecule has 0 saturated heterocycles. The number of hydrogen-bond donors (Lipinski definition) is 1. The van der Waals surface area contributed by atoms with Gasteiger partial charge in [0.05, 0.1) is 27.1 Å². The van der Waals surface area contributed by atoms with Crippen molar-refractivity contribution in [3.63, 3.8) is 0 Å². The van der Waals surface area contributed by atoms with E-state index in [4.69, 9.17) is 9.47 Å². The SMILES string of the molecule is C=CCN1C(=O)c2c(C(=O)OC)ncn2CC1(C)C(=O)NCc1ccccc1OC. The van der Waals surface area contributed by atoms with Crippen molar-refractivity contribution in [1.82, 2.24) is 19.8 Å². The number of rotatable bonds is 7. The summed E-state index contributed by atoms with van der Waals surface area (Å²) in [7, 11) is 2.78. The van der Waals surface area contributed by atoms with Crippen LogP contribution in [0.15, 0.2) is 43.2 Å². The van der Waals surface area contributed by atoms with Crippen LogP contribution in [0.4, 0.5) is 0 Å². The van der Waals surface area contributed by atoms with Crippen molar-refractivity contribution < 1.29 is 23.9 Å². The summed E-state index contributed by atoms with van der Waals surface area (Å²) in [6.45, 7) is 5.86. The lowest BCUT2D eigenvalue weighted by molar-refractivity contribution is -0.132. The van der Waals surface area contributed by atoms with E-state index in [0.717, 1.165) is 5.56 Å². The van der Waals surface area contributed by atoms with Crippen molar-refractivity contribution in [3.8, 4) is 5.75 Å². The van der Waals surface area contributed by atoms with E-state index in [0.29, 0.717) is 5.75 Å². The predicted octanol–water partition coefficient (Wildman–Crippen LogP) is 1.40. The Labute approximate surface area is 174 Å². The molecule has 0 radical (unpaired) electrons. The summed E-state index contributed by atoms with van der Waals surface area (Å²) in [5.74, 6) is -0.887. The molecule has 158 valence electrons. The van der Waals surface area contributed by atoms with Crippen molar-refractivity contribution >= 4 is 17.8 Å². The molecule has 1 aromatic heterocycles. The molecule has 0 bridgehead atoms. The van der Waals surface area contributed by atoms with Gasteiger partial charge in [-0.1, -0.05) is 24.3 Å². The van der Waals surface area contributed by atoms with Crippen LogP contribution in [-0.2, 0) is 22.6 Å². The molecule has 2 heterocycles. The number of amides is 2. The zero-order chi connectivity index (χ0) is 21.9. The number of benzene rings is 1. The Hall–Kier alpha value is -3.62. The molecule has 9 nitrogen and oxygen atoms in total. The summed E-state index contributed by atoms with van der Waals surface area (Å²) in [6, 6.07) is 7.36. The Morgan fingerprint density at radius 3 is 2.73 bits per heavy atom. The maximum atomic E-state index is 13.2. The second kappa shape index (κ2) is 8.40. The number of carbonyl (C=O) groups excluding carboxylic acids is 3. The highest BCUT2D eigenvalue weighted by Crippen LogP contribution is 2.29. The minimum absolute atomic E-state index is 0.0759. The number of nitrogens with one attached hydrogen (secondary N) is 1. The molecule has 0 fully saturated rings. The number of para-hydroxylation sites is 1. The normalized spacial score (nSPS) is 17.8. The van der Waals surface area contributed by atoms with Gasteiger partial charge >= 0.3 is 5.97 Å². The van der Waals surface area contributed by atoms with E-state index >= 15 is 0 Å². The number of ether oxygens (including phenoxy) is 2. The van der Waals surface area contributed by atoms with Crippen molar-refractivity contribution in [1.29, 1.82) is 0 Å². The van der Waals surface area contributed by atoms with E-state index in [-0.39, 0.29) is 36.9 Å². The van der Waals surface area contributed by atoms with Gasteiger partial charge in [0.2, 0.25) is 5.91 Å². The van der Waals surface area contributed by atoms with Gasteiger partial charge < -0.3 is 24.3 Å². The molecular weight excluding hydrogens is 388 g/mol. The third-order valence-corrected chi connectivity index (χ3v) is 5.17. The van der Waals surface area contributed by atoms with E-state index < -0.39 is 17.4 Å². The molecule has 1 unspecified atom stereocenters. The molecular formula is C21H24N4O5. The summed E-state index contributed by atoms with van der Waals surface area (Å²) < 4.78 is 11.5. The quantitative estimate of drug-likeness (QED) is 0.545. The molecule has 2 amide bonds. The van der Waals surface area contributed by atoms with Crippen LogP contribution in [0, 0.1) is 0 Å². The van der Waals surface area contributed by atoms with Crippen molar-refractivity contribution in [2.45, 2.75) is 25.6 Å². The number of methoxy groups -OCH3 is 2. The van der Waals surface area contributed by atoms with Gasteiger partial charge in [0, 0.05) is 18.7 Å². The number of esters is 1. The van der Waals surface area contributed by atoms with Crippen LogP contribution in [-0.4, -0.2) is 58.5 Å². The number of carbonyl (C=O) groups is 3. The number of fused-ring (bicyclic) bond motifs is 1. The van der Waals surface area contributed by atoms with Crippen molar-refractivity contribution in [2.75, 3.05) is 20.8 Å². The van der Waals surface area contributed by atoms with Crippen LogP contribution in [0.25, 0.3) is 0 Å². The summed E-state index contributed by atoms with van der Waals surface area (Å²) in [5, 5.41) is 2.89. The number of imidazole rings is 1. The van der Waals surface area contributed by atoms with E-state index in [1.165, 1.54) is 29.0 Å². The van der Waals surface area contributed by atoms with Crippen molar-refractivity contribution in [3.05, 3.63) is 60.2 Å². The third-order valence-electron chi connectivity index (χ3n) is 5.17. The first-order valence-electron chi connectivity index (χ1n) is 9.33. The fraction of sp³-hybridized carbons (Fsp3) is 0.333. The fourth-order valence-corrected chi connectivity index (χ4v) is 3.56. The maximum absolute atomic E-state index is 13.2. The number of hydrogen-bond acceptors (Lipinski definition) is 6. The number of nitrogens with zero attached hydrogens (tertiary/aromatic N) is 3. The van der Waals surface area contributed by atoms with Crippen molar-refractivity contribution in [2.24, 2.45) is 0 Å². The molecule has 1 aliphatic rings. The molecule has 2 aromatic rings. The topological polar surface area (TPSA) is 103 Å². The first-order chi connectivity index (χ1) is 14.4. The predicted molar refractivity (Wildman–Crippen MR) is 108 cm³/mol. The first kappa shape index (κ1) is 21.1. The average molecular weight is 412 g/mol. The Morgan fingerprint density at radius 2 is 2.07 bits per heavy atom. The minimum Gasteiger partial charge on any atom is -0.496 e. The largest absolute Gasteiger partial charge is 0.496 e. The van der Waals surface area contributed by atoms with Crippen LogP contribution >= 0.6 is 0 Å². The van der Waals surface area contributed by atoms with Gasteiger partial charge in [-0.15, -0.1) is 6.58 Å². The fourth-order valence-electron chi connectivity index (χ4n) is 3.56. The standard InChI is InChI=1S/C21H24N4O5/c1-5-10-25-18(26)17-16(19(27)30-4)23-13-24(17)12-21(25,2)20(28)22-11-14-8-6-7-9-15(14)29-3/h5-9,13H,1,10-12H2,2-4H3,(H,22,28). The monoisotopic (exact) mass is 412 g/mol. The molecule has 0 saturated carbocycles. The third kappa shape index (κ3) is 3.54. The Kier molecular flexibility index (Phi) is 5.91. The Balaban J connectivity index is 1.91. The molecule has 1 atom stereocenters. The van der Waals surface area contributed by atoms with Crippen LogP contribution < -0.4 is 10.1 Å². The zero-order valence-electron chi connectivity index (χ0n) is 17.2. The first-order valence-corrected chi connectivity index (χ1v) is 9.33. The lowest BCUT2D eigenvalue weighted by atomic mass is 9.94. The van der Waals surface area contributed by atoms with E-state index in [9.17, 15) is 14.4 Å². The second-order valence-corrected chi connectivity index (χ2v) is 7.03.